The average molecular weight is 466 g/mol. The van der Waals surface area contributed by atoms with Crippen molar-refractivity contribution in [2.24, 2.45) is 17.8 Å². The van der Waals surface area contributed by atoms with Crippen molar-refractivity contribution in [3.63, 3.8) is 0 Å². The van der Waals surface area contributed by atoms with E-state index in [1.165, 1.54) is 0 Å². The summed E-state index contributed by atoms with van der Waals surface area (Å²) in [6.07, 6.45) is 2.46. The Morgan fingerprint density at radius 1 is 0.971 bits per heavy atom. The summed E-state index contributed by atoms with van der Waals surface area (Å²) in [5.41, 5.74) is 4.52. The van der Waals surface area contributed by atoms with Crippen LogP contribution in [-0.2, 0) is 4.79 Å². The molecule has 0 saturated heterocycles. The molecule has 1 aliphatic carbocycles. The normalized spacial score (nSPS) is 17.7. The monoisotopic (exact) mass is 465 g/mol. The van der Waals surface area contributed by atoms with Crippen LogP contribution in [0, 0.1) is 24.7 Å². The van der Waals surface area contributed by atoms with E-state index in [0.29, 0.717) is 18.3 Å². The Bertz CT molecular complexity index is 975. The van der Waals surface area contributed by atoms with Gasteiger partial charge in [-0.05, 0) is 67.3 Å². The summed E-state index contributed by atoms with van der Waals surface area (Å²) in [7, 11) is 0. The number of carboxylic acid groups (broad SMARTS) is 1. The molecule has 0 aliphatic heterocycles. The van der Waals surface area contributed by atoms with Gasteiger partial charge in [0.1, 0.15) is 0 Å². The number of aryl methyl sites for hydroxylation is 1. The average Bonchev–Trinajstić information content (AvgIpc) is 3.24. The lowest BCUT2D eigenvalue weighted by molar-refractivity contribution is -0.142. The zero-order chi connectivity index (χ0) is 24.8. The van der Waals surface area contributed by atoms with Crippen molar-refractivity contribution < 1.29 is 14.7 Å². The van der Waals surface area contributed by atoms with Crippen molar-refractivity contribution >= 4 is 29.1 Å². The third-order valence-corrected chi connectivity index (χ3v) is 6.35. The molecule has 2 aromatic rings. The number of hydrogen-bond acceptors (Lipinski definition) is 3. The van der Waals surface area contributed by atoms with Crippen LogP contribution in [0.15, 0.2) is 42.5 Å². The van der Waals surface area contributed by atoms with Gasteiger partial charge in [-0.3, -0.25) is 4.79 Å². The summed E-state index contributed by atoms with van der Waals surface area (Å²) in [6.45, 7) is 12.5. The summed E-state index contributed by atoms with van der Waals surface area (Å²) in [4.78, 5) is 27.1. The second-order valence-corrected chi connectivity index (χ2v) is 10.4. The van der Waals surface area contributed by atoms with Crippen molar-refractivity contribution in [1.82, 2.24) is 0 Å². The second-order valence-electron chi connectivity index (χ2n) is 10.4. The lowest BCUT2D eigenvalue weighted by Crippen LogP contribution is -2.32. The largest absolute Gasteiger partial charge is 0.481 e. The molecule has 0 unspecified atom stereocenters. The first-order valence-corrected chi connectivity index (χ1v) is 12.4. The number of carbonyl (C=O) groups excluding carboxylic acids is 1. The van der Waals surface area contributed by atoms with Gasteiger partial charge in [0.15, 0.2) is 0 Å². The minimum atomic E-state index is -0.737. The van der Waals surface area contributed by atoms with E-state index in [0.717, 1.165) is 54.1 Å². The van der Waals surface area contributed by atoms with Crippen LogP contribution in [0.1, 0.15) is 64.0 Å². The van der Waals surface area contributed by atoms with Gasteiger partial charge in [0.2, 0.25) is 0 Å². The van der Waals surface area contributed by atoms with Gasteiger partial charge in [-0.1, -0.05) is 57.9 Å². The van der Waals surface area contributed by atoms with Crippen molar-refractivity contribution in [2.75, 3.05) is 28.6 Å². The molecule has 0 heterocycles. The van der Waals surface area contributed by atoms with E-state index >= 15 is 0 Å². The Balaban J connectivity index is 1.94. The molecule has 6 nitrogen and oxygen atoms in total. The van der Waals surface area contributed by atoms with E-state index in [4.69, 9.17) is 0 Å². The highest BCUT2D eigenvalue weighted by molar-refractivity contribution is 6.02. The van der Waals surface area contributed by atoms with Crippen molar-refractivity contribution in [3.8, 4) is 0 Å². The molecule has 2 aromatic carbocycles. The lowest BCUT2D eigenvalue weighted by atomic mass is 9.88. The van der Waals surface area contributed by atoms with Crippen LogP contribution in [0.3, 0.4) is 0 Å². The first-order chi connectivity index (χ1) is 16.1. The molecule has 184 valence electrons. The number of hydrogen-bond donors (Lipinski definition) is 3. The van der Waals surface area contributed by atoms with Gasteiger partial charge < -0.3 is 20.6 Å². The van der Waals surface area contributed by atoms with Gasteiger partial charge in [-0.2, -0.15) is 0 Å². The molecule has 1 fully saturated rings. The summed E-state index contributed by atoms with van der Waals surface area (Å²) < 4.78 is 0. The van der Waals surface area contributed by atoms with Crippen LogP contribution in [0.4, 0.5) is 21.9 Å². The number of aliphatic carboxylic acids is 1. The maximum Gasteiger partial charge on any atom is 0.323 e. The Morgan fingerprint density at radius 2 is 1.62 bits per heavy atom. The molecule has 0 bridgehead atoms. The summed E-state index contributed by atoms with van der Waals surface area (Å²) in [5, 5.41) is 15.7. The van der Waals surface area contributed by atoms with Crippen molar-refractivity contribution in [1.29, 1.82) is 0 Å². The number of carbonyl (C=O) groups is 2. The Hall–Kier alpha value is -3.02. The number of nitrogens with zero attached hydrogens (tertiary/aromatic N) is 1. The minimum absolute atomic E-state index is 0.0316. The van der Waals surface area contributed by atoms with E-state index in [-0.39, 0.29) is 17.9 Å². The quantitative estimate of drug-likeness (QED) is 0.384. The number of urea groups is 1. The third kappa shape index (κ3) is 6.75. The van der Waals surface area contributed by atoms with Crippen LogP contribution in [0.25, 0.3) is 0 Å². The van der Waals surface area contributed by atoms with Crippen molar-refractivity contribution in [3.05, 3.63) is 53.6 Å². The number of benzene rings is 2. The molecule has 2 amide bonds. The number of carboxylic acids is 1. The molecule has 0 spiro atoms. The first-order valence-electron chi connectivity index (χ1n) is 12.4. The van der Waals surface area contributed by atoms with Gasteiger partial charge in [-0.15, -0.1) is 0 Å². The highest BCUT2D eigenvalue weighted by atomic mass is 16.4. The van der Waals surface area contributed by atoms with Gasteiger partial charge >= 0.3 is 12.0 Å². The highest BCUT2D eigenvalue weighted by Crippen LogP contribution is 2.42. The minimum Gasteiger partial charge on any atom is -0.481 e. The third-order valence-electron chi connectivity index (χ3n) is 6.35. The molecule has 0 radical (unpaired) electrons. The van der Waals surface area contributed by atoms with E-state index in [1.54, 1.807) is 0 Å². The maximum atomic E-state index is 13.0. The van der Waals surface area contributed by atoms with Gasteiger partial charge in [0.25, 0.3) is 0 Å². The highest BCUT2D eigenvalue weighted by Gasteiger charge is 2.34. The molecule has 1 saturated carbocycles. The Kier molecular flexibility index (Phi) is 8.59. The topological polar surface area (TPSA) is 81.7 Å². The van der Waals surface area contributed by atoms with E-state index in [9.17, 15) is 14.7 Å². The zero-order valence-electron chi connectivity index (χ0n) is 21.1. The van der Waals surface area contributed by atoms with E-state index < -0.39 is 5.97 Å². The SMILES string of the molecule is Cc1ccc(NC(=O)Nc2cc([C@@H]3CCC[C@@H]3C(=O)O)ccc2N(CC(C)C)CC(C)C)cc1. The van der Waals surface area contributed by atoms with Crippen LogP contribution in [0.2, 0.25) is 0 Å². The fourth-order valence-electron chi connectivity index (χ4n) is 4.89. The summed E-state index contributed by atoms with van der Waals surface area (Å²) in [6, 6.07) is 13.5. The molecule has 1 aliphatic rings. The van der Waals surface area contributed by atoms with Crippen LogP contribution < -0.4 is 15.5 Å². The zero-order valence-corrected chi connectivity index (χ0v) is 21.1. The predicted molar refractivity (Wildman–Crippen MR) is 140 cm³/mol. The summed E-state index contributed by atoms with van der Waals surface area (Å²) in [5.74, 6) is -0.226. The summed E-state index contributed by atoms with van der Waals surface area (Å²) >= 11 is 0. The van der Waals surface area contributed by atoms with Crippen LogP contribution in [0.5, 0.6) is 0 Å². The first kappa shape index (κ1) is 25.6. The van der Waals surface area contributed by atoms with Gasteiger partial charge in [-0.25, -0.2) is 4.79 Å². The fourth-order valence-corrected chi connectivity index (χ4v) is 4.89. The second kappa shape index (κ2) is 11.4. The number of amides is 2. The molecule has 34 heavy (non-hydrogen) atoms. The molecule has 3 N–H and O–H groups in total. The van der Waals surface area contributed by atoms with E-state index in [1.807, 2.05) is 37.3 Å². The molecule has 3 rings (SSSR count). The standard InChI is InChI=1S/C28H39N3O3/c1-18(2)16-31(17-19(3)4)26-14-11-21(23-7-6-8-24(23)27(32)33)15-25(26)30-28(34)29-22-12-9-20(5)10-13-22/h9-15,18-19,23-24H,6-8,16-17H2,1-5H3,(H,32,33)(H2,29,30,34)/t23-,24-/m0/s1. The van der Waals surface area contributed by atoms with E-state index in [2.05, 4.69) is 55.4 Å². The smallest absolute Gasteiger partial charge is 0.323 e. The number of nitrogens with one attached hydrogen (secondary N) is 2. The van der Waals surface area contributed by atoms with Gasteiger partial charge in [0, 0.05) is 18.8 Å². The Morgan fingerprint density at radius 3 is 2.21 bits per heavy atom. The fraction of sp³-hybridized carbons (Fsp3) is 0.500. The Labute approximate surface area is 203 Å². The maximum absolute atomic E-state index is 13.0. The van der Waals surface area contributed by atoms with Gasteiger partial charge in [0.05, 0.1) is 17.3 Å². The number of rotatable bonds is 9. The molecule has 2 atom stereocenters. The molecular weight excluding hydrogens is 426 g/mol. The lowest BCUT2D eigenvalue weighted by Gasteiger charge is -2.31. The van der Waals surface area contributed by atoms with Crippen LogP contribution >= 0.6 is 0 Å². The number of anilines is 3. The molecule has 0 aromatic heterocycles. The van der Waals surface area contributed by atoms with Crippen molar-refractivity contribution in [2.45, 2.75) is 59.8 Å². The van der Waals surface area contributed by atoms with Crippen LogP contribution in [-0.4, -0.2) is 30.2 Å². The molecule has 6 heteroatoms. The predicted octanol–water partition coefficient (Wildman–Crippen LogP) is 6.73. The molecular formula is C28H39N3O3.